The summed E-state index contributed by atoms with van der Waals surface area (Å²) in [6.07, 6.45) is 0. The topological polar surface area (TPSA) is 57.5 Å². The lowest BCUT2D eigenvalue weighted by Gasteiger charge is -2.17. The maximum Gasteiger partial charge on any atom is 0.307 e. The highest BCUT2D eigenvalue weighted by Gasteiger charge is 2.19. The van der Waals surface area contributed by atoms with Gasteiger partial charge in [0.1, 0.15) is 0 Å². The van der Waals surface area contributed by atoms with Crippen LogP contribution in [0.4, 0.5) is 0 Å². The van der Waals surface area contributed by atoms with Crippen molar-refractivity contribution >= 4 is 17.7 Å². The molecular weight excluding hydrogens is 188 g/mol. The lowest BCUT2D eigenvalue weighted by molar-refractivity contribution is -0.140. The van der Waals surface area contributed by atoms with E-state index in [1.807, 2.05) is 13.8 Å². The van der Waals surface area contributed by atoms with Gasteiger partial charge in [0.15, 0.2) is 0 Å². The van der Waals surface area contributed by atoms with E-state index in [0.29, 0.717) is 0 Å². The third-order valence-electron chi connectivity index (χ3n) is 2.05. The van der Waals surface area contributed by atoms with Gasteiger partial charge in [-0.2, -0.15) is 11.8 Å². The van der Waals surface area contributed by atoms with Gasteiger partial charge < -0.3 is 10.2 Å². The quantitative estimate of drug-likeness (QED) is 0.690. The Kier molecular flexibility index (Phi) is 6.16. The molecule has 0 amide bonds. The molecule has 0 aromatic heterocycles. The maximum absolute atomic E-state index is 10.6. The van der Waals surface area contributed by atoms with Crippen LogP contribution in [0.15, 0.2) is 0 Å². The van der Waals surface area contributed by atoms with Crippen LogP contribution in [-0.2, 0) is 4.79 Å². The zero-order chi connectivity index (χ0) is 10.4. The molecule has 0 aromatic rings. The first kappa shape index (κ1) is 12.8. The van der Waals surface area contributed by atoms with Gasteiger partial charge in [-0.15, -0.1) is 0 Å². The SMILES string of the molecule is CC(CO)CSC(C)C(C)C(=O)O. The fourth-order valence-electron chi connectivity index (χ4n) is 0.714. The highest BCUT2D eigenvalue weighted by molar-refractivity contribution is 7.99. The average molecular weight is 206 g/mol. The molecule has 0 aliphatic heterocycles. The second-order valence-electron chi connectivity index (χ2n) is 3.45. The van der Waals surface area contributed by atoms with E-state index in [-0.39, 0.29) is 23.7 Å². The van der Waals surface area contributed by atoms with Crippen LogP contribution < -0.4 is 0 Å². The van der Waals surface area contributed by atoms with E-state index in [2.05, 4.69) is 0 Å². The normalized spacial score (nSPS) is 17.8. The molecular formula is C9H18O3S. The number of hydrogen-bond acceptors (Lipinski definition) is 3. The lowest BCUT2D eigenvalue weighted by Crippen LogP contribution is -2.21. The van der Waals surface area contributed by atoms with Gasteiger partial charge in [-0.3, -0.25) is 4.79 Å². The number of carbonyl (C=O) groups is 1. The van der Waals surface area contributed by atoms with E-state index in [1.165, 1.54) is 0 Å². The summed E-state index contributed by atoms with van der Waals surface area (Å²) in [5.74, 6) is -0.0176. The van der Waals surface area contributed by atoms with Crippen molar-refractivity contribution in [1.82, 2.24) is 0 Å². The number of aliphatic hydroxyl groups excluding tert-OH is 1. The van der Waals surface area contributed by atoms with Crippen molar-refractivity contribution in [3.05, 3.63) is 0 Å². The lowest BCUT2D eigenvalue weighted by atomic mass is 10.1. The zero-order valence-corrected chi connectivity index (χ0v) is 9.17. The minimum Gasteiger partial charge on any atom is -0.481 e. The molecule has 2 N–H and O–H groups in total. The van der Waals surface area contributed by atoms with Crippen LogP contribution in [0.2, 0.25) is 0 Å². The zero-order valence-electron chi connectivity index (χ0n) is 8.36. The number of aliphatic hydroxyl groups is 1. The van der Waals surface area contributed by atoms with Crippen LogP contribution in [0.1, 0.15) is 20.8 Å². The summed E-state index contributed by atoms with van der Waals surface area (Å²) in [5, 5.41) is 17.6. The number of carboxylic acids is 1. The van der Waals surface area contributed by atoms with E-state index in [9.17, 15) is 4.79 Å². The summed E-state index contributed by atoms with van der Waals surface area (Å²) in [6.45, 7) is 5.74. The molecule has 0 fully saturated rings. The second kappa shape index (κ2) is 6.27. The smallest absolute Gasteiger partial charge is 0.307 e. The predicted molar refractivity (Wildman–Crippen MR) is 55.0 cm³/mol. The Hall–Kier alpha value is -0.220. The Labute approximate surface area is 83.5 Å². The number of carboxylic acid groups (broad SMARTS) is 1. The van der Waals surface area contributed by atoms with Gasteiger partial charge in [-0.1, -0.05) is 20.8 Å². The van der Waals surface area contributed by atoms with E-state index in [0.717, 1.165) is 5.75 Å². The molecule has 0 heterocycles. The predicted octanol–water partition coefficient (Wildman–Crippen LogP) is 1.46. The third kappa shape index (κ3) is 5.16. The molecule has 0 saturated carbocycles. The molecule has 3 unspecified atom stereocenters. The summed E-state index contributed by atoms with van der Waals surface area (Å²) in [5.41, 5.74) is 0. The van der Waals surface area contributed by atoms with Crippen molar-refractivity contribution in [2.24, 2.45) is 11.8 Å². The van der Waals surface area contributed by atoms with Gasteiger partial charge in [0.2, 0.25) is 0 Å². The van der Waals surface area contributed by atoms with Crippen LogP contribution in [0.5, 0.6) is 0 Å². The fraction of sp³-hybridized carbons (Fsp3) is 0.889. The number of hydrogen-bond donors (Lipinski definition) is 2. The monoisotopic (exact) mass is 206 g/mol. The first-order valence-electron chi connectivity index (χ1n) is 4.44. The van der Waals surface area contributed by atoms with E-state index in [4.69, 9.17) is 10.2 Å². The molecule has 0 saturated heterocycles. The van der Waals surface area contributed by atoms with Gasteiger partial charge in [-0.25, -0.2) is 0 Å². The highest BCUT2D eigenvalue weighted by Crippen LogP contribution is 2.21. The molecule has 0 aliphatic carbocycles. The Morgan fingerprint density at radius 3 is 2.31 bits per heavy atom. The van der Waals surface area contributed by atoms with Gasteiger partial charge >= 0.3 is 5.97 Å². The minimum absolute atomic E-state index is 0.103. The summed E-state index contributed by atoms with van der Waals surface area (Å²) in [6, 6.07) is 0. The van der Waals surface area contributed by atoms with Crippen molar-refractivity contribution in [3.8, 4) is 0 Å². The fourth-order valence-corrected chi connectivity index (χ4v) is 1.86. The van der Waals surface area contributed by atoms with Gasteiger partial charge in [-0.05, 0) is 11.7 Å². The minimum atomic E-state index is -0.753. The van der Waals surface area contributed by atoms with Crippen molar-refractivity contribution in [2.75, 3.05) is 12.4 Å². The molecule has 0 spiro atoms. The summed E-state index contributed by atoms with van der Waals surface area (Å²) in [7, 11) is 0. The molecule has 0 rings (SSSR count). The molecule has 13 heavy (non-hydrogen) atoms. The second-order valence-corrected chi connectivity index (χ2v) is 4.86. The van der Waals surface area contributed by atoms with Crippen LogP contribution >= 0.6 is 11.8 Å². The van der Waals surface area contributed by atoms with E-state index >= 15 is 0 Å². The summed E-state index contributed by atoms with van der Waals surface area (Å²) < 4.78 is 0. The molecule has 78 valence electrons. The van der Waals surface area contributed by atoms with Crippen molar-refractivity contribution in [3.63, 3.8) is 0 Å². The highest BCUT2D eigenvalue weighted by atomic mass is 32.2. The molecule has 0 aliphatic rings. The average Bonchev–Trinajstić information content (AvgIpc) is 2.11. The molecule has 0 aromatic carbocycles. The number of rotatable bonds is 6. The van der Waals surface area contributed by atoms with Crippen molar-refractivity contribution in [2.45, 2.75) is 26.0 Å². The first-order valence-corrected chi connectivity index (χ1v) is 5.49. The standard InChI is InChI=1S/C9H18O3S/c1-6(4-10)5-13-8(3)7(2)9(11)12/h6-8,10H,4-5H2,1-3H3,(H,11,12). The summed E-state index contributed by atoms with van der Waals surface area (Å²) >= 11 is 1.60. The molecule has 3 nitrogen and oxygen atoms in total. The third-order valence-corrected chi connectivity index (χ3v) is 3.74. The largest absolute Gasteiger partial charge is 0.481 e. The van der Waals surface area contributed by atoms with Crippen LogP contribution in [0.3, 0.4) is 0 Å². The Bertz CT molecular complexity index is 161. The van der Waals surface area contributed by atoms with E-state index in [1.54, 1.807) is 18.7 Å². The molecule has 0 radical (unpaired) electrons. The van der Waals surface area contributed by atoms with E-state index < -0.39 is 5.97 Å². The first-order chi connectivity index (χ1) is 5.99. The summed E-state index contributed by atoms with van der Waals surface area (Å²) in [4.78, 5) is 10.6. The Morgan fingerprint density at radius 1 is 1.38 bits per heavy atom. The Balaban J connectivity index is 3.73. The van der Waals surface area contributed by atoms with Crippen molar-refractivity contribution in [1.29, 1.82) is 0 Å². The maximum atomic E-state index is 10.6. The van der Waals surface area contributed by atoms with Crippen LogP contribution in [-0.4, -0.2) is 33.8 Å². The van der Waals surface area contributed by atoms with Gasteiger partial charge in [0.25, 0.3) is 0 Å². The van der Waals surface area contributed by atoms with Crippen molar-refractivity contribution < 1.29 is 15.0 Å². The van der Waals surface area contributed by atoms with Gasteiger partial charge in [0, 0.05) is 11.9 Å². The molecule has 0 bridgehead atoms. The molecule has 3 atom stereocenters. The molecule has 4 heteroatoms. The van der Waals surface area contributed by atoms with Gasteiger partial charge in [0.05, 0.1) is 5.92 Å². The Morgan fingerprint density at radius 2 is 1.92 bits per heavy atom. The number of aliphatic carboxylic acids is 1. The van der Waals surface area contributed by atoms with Crippen LogP contribution in [0, 0.1) is 11.8 Å². The number of thioether (sulfide) groups is 1. The van der Waals surface area contributed by atoms with Crippen LogP contribution in [0.25, 0.3) is 0 Å².